The molecular formula is C45H61N19O31P5+. The monoisotopic (exact) mass is 1520 g/mol. The number of aliphatic imine (C=N–C) groups is 1. The maximum Gasteiger partial charge on any atom is 0.490 e. The van der Waals surface area contributed by atoms with Gasteiger partial charge in [0.25, 0.3) is 17.1 Å². The van der Waals surface area contributed by atoms with Gasteiger partial charge in [-0.3, -0.25) is 69.8 Å². The molecule has 55 heteroatoms. The smallest absolute Gasteiger partial charge is 0.387 e. The number of phosphoric ester groups is 4. The summed E-state index contributed by atoms with van der Waals surface area (Å²) in [6, 6.07) is 0. The number of aromatic nitrogens is 14. The van der Waals surface area contributed by atoms with E-state index in [0.717, 1.165) is 50.7 Å². The van der Waals surface area contributed by atoms with E-state index in [1.54, 1.807) is 6.92 Å². The topological polar surface area (TPSA) is 707 Å². The number of nitrogens with zero attached hydrogens (tertiary/aromatic N) is 13. The number of nitrogens with one attached hydrogen (secondary N) is 3. The summed E-state index contributed by atoms with van der Waals surface area (Å²) in [5.41, 5.74) is 14.9. The van der Waals surface area contributed by atoms with Gasteiger partial charge in [0, 0.05) is 13.7 Å². The Balaban J connectivity index is 0.746. The summed E-state index contributed by atoms with van der Waals surface area (Å²) >= 11 is 0. The number of aryl methyl sites for hydroxylation is 1. The average molecular weight is 1520 g/mol. The number of carbonyl (C=O) groups is 1. The fraction of sp³-hybridized carbons (Fsp3) is 0.556. The highest BCUT2D eigenvalue weighted by Gasteiger charge is 2.56. The highest BCUT2D eigenvalue weighted by molar-refractivity contribution is 7.66. The second kappa shape index (κ2) is 27.8. The van der Waals surface area contributed by atoms with Crippen molar-refractivity contribution in [3.05, 3.63) is 58.0 Å². The molecule has 5 aliphatic heterocycles. The largest absolute Gasteiger partial charge is 0.490 e. The number of carbonyl (C=O) groups excluding carboxylic acids is 1. The minimum atomic E-state index is -6.34. The van der Waals surface area contributed by atoms with Crippen molar-refractivity contribution in [1.82, 2.24) is 63.1 Å². The lowest BCUT2D eigenvalue weighted by Crippen LogP contribution is -2.46. The molecule has 19 N–H and O–H groups in total. The van der Waals surface area contributed by atoms with E-state index < -0.39 is 187 Å². The van der Waals surface area contributed by atoms with E-state index in [1.807, 2.05) is 0 Å². The normalized spacial score (nSPS) is 30.9. The summed E-state index contributed by atoms with van der Waals surface area (Å²) in [4.78, 5) is 130. The molecule has 7 aromatic rings. The van der Waals surface area contributed by atoms with Crippen LogP contribution in [-0.2, 0) is 89.3 Å². The van der Waals surface area contributed by atoms with Crippen LogP contribution in [0.3, 0.4) is 0 Å². The molecular weight excluding hydrogens is 1460 g/mol. The summed E-state index contributed by atoms with van der Waals surface area (Å²) in [7, 11) is -27.4. The lowest BCUT2D eigenvalue weighted by molar-refractivity contribution is -0.745. The van der Waals surface area contributed by atoms with Gasteiger partial charge in [-0.25, -0.2) is 57.3 Å². The Morgan fingerprint density at radius 1 is 0.610 bits per heavy atom. The van der Waals surface area contributed by atoms with Crippen molar-refractivity contribution < 1.29 is 142 Å². The highest BCUT2D eigenvalue weighted by Crippen LogP contribution is 2.68. The number of anilines is 3. The molecule has 0 spiro atoms. The Bertz CT molecular complexity index is 4710. The minimum absolute atomic E-state index is 0.00205. The maximum atomic E-state index is 14.4. The Morgan fingerprint density at radius 2 is 1.15 bits per heavy atom. The molecule has 4 fully saturated rings. The van der Waals surface area contributed by atoms with E-state index in [4.69, 9.17) is 68.0 Å². The van der Waals surface area contributed by atoms with Crippen molar-refractivity contribution in [2.45, 2.75) is 112 Å². The number of H-pyrrole nitrogens is 2. The fourth-order valence-electron chi connectivity index (χ4n) is 11.4. The molecule has 50 nitrogen and oxygen atoms in total. The number of hydrogen-bond donors (Lipinski definition) is 16. The summed E-state index contributed by atoms with van der Waals surface area (Å²) in [5, 5.41) is 58.7. The molecule has 4 saturated heterocycles. The molecule has 0 bridgehead atoms. The van der Waals surface area contributed by atoms with Crippen LogP contribution in [-0.4, -0.2) is 238 Å². The highest BCUT2D eigenvalue weighted by atomic mass is 31.3. The number of imidazole rings is 4. The molecule has 12 rings (SSSR count). The molecule has 0 radical (unpaired) electrons. The zero-order chi connectivity index (χ0) is 72.0. The molecule has 5 unspecified atom stereocenters. The number of rotatable bonds is 27. The molecule has 12 heterocycles. The van der Waals surface area contributed by atoms with Crippen molar-refractivity contribution in [2.24, 2.45) is 17.8 Å². The van der Waals surface area contributed by atoms with Crippen LogP contribution in [0.4, 0.5) is 23.5 Å². The van der Waals surface area contributed by atoms with Gasteiger partial charge < -0.3 is 96.2 Å². The molecule has 0 aliphatic carbocycles. The summed E-state index contributed by atoms with van der Waals surface area (Å²) in [5.74, 6) is -1.30. The van der Waals surface area contributed by atoms with E-state index in [9.17, 15) is 87.2 Å². The lowest BCUT2D eigenvalue weighted by Gasteiger charge is -2.27. The number of nitrogens with two attached hydrogens (primary N) is 3. The van der Waals surface area contributed by atoms with E-state index in [1.165, 1.54) is 17.9 Å². The van der Waals surface area contributed by atoms with Gasteiger partial charge in [0.1, 0.15) is 85.4 Å². The first kappa shape index (κ1) is 73.0. The van der Waals surface area contributed by atoms with Gasteiger partial charge in [-0.1, -0.05) is 4.98 Å². The van der Waals surface area contributed by atoms with E-state index in [2.05, 4.69) is 63.8 Å². The molecule has 100 heavy (non-hydrogen) atoms. The Hall–Kier alpha value is -6.77. The summed E-state index contributed by atoms with van der Waals surface area (Å²) in [6.07, 6.45) is -24.2. The van der Waals surface area contributed by atoms with Crippen LogP contribution in [0.15, 0.2) is 46.2 Å². The first-order valence-electron chi connectivity index (χ1n) is 29.0. The Morgan fingerprint density at radius 3 is 1.81 bits per heavy atom. The van der Waals surface area contributed by atoms with Crippen molar-refractivity contribution in [3.63, 3.8) is 0 Å². The number of methoxy groups -OCH3 is 1. The van der Waals surface area contributed by atoms with Crippen molar-refractivity contribution in [2.75, 3.05) is 56.9 Å². The number of phosphoric acid groups is 5. The van der Waals surface area contributed by atoms with Gasteiger partial charge in [-0.2, -0.15) is 13.6 Å². The third kappa shape index (κ3) is 14.6. The van der Waals surface area contributed by atoms with Crippen molar-refractivity contribution in [3.8, 4) is 0 Å². The number of ether oxygens (including phenoxy) is 5. The number of aliphatic hydroxyl groups excluding tert-OH is 5. The number of Topliss-reactive ketones (excluding diaryl/α,β-unsaturated/α-hetero) is 1. The molecule has 5 aliphatic rings. The zero-order valence-corrected chi connectivity index (χ0v) is 55.7. The van der Waals surface area contributed by atoms with Crippen LogP contribution < -0.4 is 38.2 Å². The van der Waals surface area contributed by atoms with Gasteiger partial charge in [-0.05, 0) is 6.92 Å². The molecule has 0 saturated carbocycles. The number of aliphatic hydroxyl groups is 5. The van der Waals surface area contributed by atoms with Crippen LogP contribution in [0, 0.1) is 0 Å². The second-order valence-electron chi connectivity index (χ2n) is 22.4. The van der Waals surface area contributed by atoms with Gasteiger partial charge in [0.2, 0.25) is 17.7 Å². The van der Waals surface area contributed by atoms with Crippen LogP contribution >= 0.6 is 39.1 Å². The third-order valence-corrected chi connectivity index (χ3v) is 22.0. The van der Waals surface area contributed by atoms with E-state index >= 15 is 0 Å². The van der Waals surface area contributed by atoms with Crippen molar-refractivity contribution in [1.29, 1.82) is 0 Å². The van der Waals surface area contributed by atoms with Gasteiger partial charge in [0.15, 0.2) is 70.5 Å². The third-order valence-electron chi connectivity index (χ3n) is 15.7. The molecule has 0 amide bonds. The molecule has 546 valence electrons. The van der Waals surface area contributed by atoms with Gasteiger partial charge >= 0.3 is 44.8 Å². The minimum Gasteiger partial charge on any atom is -0.387 e. The average Bonchev–Trinajstić information content (AvgIpc) is 1.61. The molecule has 7 aromatic heterocycles. The first-order valence-corrected chi connectivity index (χ1v) is 36.4. The van der Waals surface area contributed by atoms with Gasteiger partial charge in [0.05, 0.1) is 58.9 Å². The first-order chi connectivity index (χ1) is 47.1. The van der Waals surface area contributed by atoms with Crippen LogP contribution in [0.1, 0.15) is 48.7 Å². The Labute approximate surface area is 555 Å². The Kier molecular flexibility index (Phi) is 20.3. The predicted octanol–water partition coefficient (Wildman–Crippen LogP) is -4.63. The van der Waals surface area contributed by atoms with E-state index in [0.29, 0.717) is 6.54 Å². The second-order valence-corrected chi connectivity index (χ2v) is 29.8. The number of aromatic amines is 2. The number of nitrogen functional groups attached to an aromatic ring is 2. The summed E-state index contributed by atoms with van der Waals surface area (Å²) in [6.45, 7) is -2.81. The standard InChI is InChI=1S/C45H60N19O31P5/c1-4-49-33-22-34(51-10-50-33)61(12-53-22)42-29(70)30(92-96(73,74)84-6-16-25(66)27(68)40(88-16)62-11-52-21-15(65)5-20(46)55-35(21)62)18(90-42)8-85-97(75,76)93-31-19(91-43(32(31)83-3)63-13-54-23-36(63)56-44(47)58-38(23)71)9-87-99(79,80)95-100(81,82)94-98(77,78)86-7-17-26(67)28(69)41(89-17)64-14-60(2)24-37(64)57-45(48)59-39(24)72/h10-14,16-19,25-32,40-43,66-70H,4-9H2,1-3H3,(H13-,46,47,48,49,50,51,55,56,57,58,59,65,71,72,73,74,75,76,77,78,79,80,81,82)/p+1/t16-,17-,18-,19-,25-,26-,27-,28-,29-,30-,31-,32-,40-,41-,42-,43-/m1/s1. The van der Waals surface area contributed by atoms with Crippen molar-refractivity contribution >= 4 is 108 Å². The SMILES string of the molecule is CCNc1ncnc2c1ncn2[C@@H]1O[C@H](COP(=O)(O)O[C@H]2[C@@H](OC)[C@H](n3cnc4c(=O)[nH]c(N)nc43)O[C@@H]2COP(=O)(O)OP(=O)(O)OP(=O)(O)OC[C@H]2O[C@@H]([n+]3cn(C)c4c(=O)[nH]c(N)nc43)[C@H](O)[C@@H]2O)[C@@H](OP(=O)(O)OC[C@H]2O[C@@H](n3cnc4c3N=C(N)CC4=O)[C@H](O)[C@@H]2O)[C@H]1O. The quantitative estimate of drug-likeness (QED) is 0.0170. The lowest BCUT2D eigenvalue weighted by atomic mass is 10.1. The van der Waals surface area contributed by atoms with Crippen LogP contribution in [0.25, 0.3) is 33.5 Å². The zero-order valence-electron chi connectivity index (χ0n) is 51.2. The van der Waals surface area contributed by atoms with E-state index in [-0.39, 0.29) is 69.0 Å². The number of amidine groups is 1. The predicted molar refractivity (Wildman–Crippen MR) is 322 cm³/mol. The fourth-order valence-corrected chi connectivity index (χ4v) is 16.8. The molecule has 0 aromatic carbocycles. The molecule has 21 atom stereocenters. The maximum absolute atomic E-state index is 14.4. The van der Waals surface area contributed by atoms with Crippen LogP contribution in [0.5, 0.6) is 0 Å². The number of ketones is 1. The number of hydrogen-bond acceptors (Lipinski definition) is 38. The van der Waals surface area contributed by atoms with Gasteiger partial charge in [-0.15, -0.1) is 0 Å². The van der Waals surface area contributed by atoms with Crippen LogP contribution in [0.2, 0.25) is 0 Å². The number of fused-ring (bicyclic) bond motifs is 4. The summed E-state index contributed by atoms with van der Waals surface area (Å²) < 4.78 is 143.